The van der Waals surface area contributed by atoms with Gasteiger partial charge >= 0.3 is 0 Å². The number of halogens is 1. The average Bonchev–Trinajstić information content (AvgIpc) is 3.25. The van der Waals surface area contributed by atoms with E-state index in [0.29, 0.717) is 22.9 Å². The SMILES string of the molecule is COc1ccc(C(CNCC(=O)c2ccc(OC)c(Cl)c2)N2CCCC2)cc1. The molecule has 1 saturated heterocycles. The molecule has 0 saturated carbocycles. The van der Waals surface area contributed by atoms with Crippen molar-refractivity contribution in [3.63, 3.8) is 0 Å². The Hall–Kier alpha value is -2.08. The highest BCUT2D eigenvalue weighted by atomic mass is 35.5. The van der Waals surface area contributed by atoms with E-state index in [1.54, 1.807) is 32.4 Å². The van der Waals surface area contributed by atoms with Crippen LogP contribution in [-0.2, 0) is 0 Å². The van der Waals surface area contributed by atoms with Gasteiger partial charge in [0.1, 0.15) is 11.5 Å². The van der Waals surface area contributed by atoms with Crippen molar-refractivity contribution in [1.29, 1.82) is 0 Å². The van der Waals surface area contributed by atoms with E-state index in [9.17, 15) is 4.79 Å². The third-order valence-electron chi connectivity index (χ3n) is 5.18. The number of carbonyl (C=O) groups excluding carboxylic acids is 1. The smallest absolute Gasteiger partial charge is 0.176 e. The number of nitrogens with one attached hydrogen (secondary N) is 1. The van der Waals surface area contributed by atoms with E-state index in [1.165, 1.54) is 18.4 Å². The first-order valence-corrected chi connectivity index (χ1v) is 9.95. The lowest BCUT2D eigenvalue weighted by molar-refractivity contribution is 0.0987. The second-order valence-corrected chi connectivity index (χ2v) is 7.34. The van der Waals surface area contributed by atoms with Gasteiger partial charge in [-0.3, -0.25) is 9.69 Å². The molecule has 5 nitrogen and oxygen atoms in total. The van der Waals surface area contributed by atoms with Crippen LogP contribution in [0.25, 0.3) is 0 Å². The first-order valence-electron chi connectivity index (χ1n) is 9.58. The third-order valence-corrected chi connectivity index (χ3v) is 5.47. The lowest BCUT2D eigenvalue weighted by atomic mass is 10.0. The Morgan fingerprint density at radius 2 is 1.82 bits per heavy atom. The van der Waals surface area contributed by atoms with Gasteiger partial charge in [-0.05, 0) is 61.8 Å². The van der Waals surface area contributed by atoms with Gasteiger partial charge < -0.3 is 14.8 Å². The molecule has 0 amide bonds. The molecule has 0 radical (unpaired) electrons. The standard InChI is InChI=1S/C22H27ClN2O3/c1-27-18-8-5-16(6-9-18)20(25-11-3-4-12-25)14-24-15-21(26)17-7-10-22(28-2)19(23)13-17/h5-10,13,20,24H,3-4,11-12,14-15H2,1-2H3. The molecule has 1 N–H and O–H groups in total. The summed E-state index contributed by atoms with van der Waals surface area (Å²) in [5, 5.41) is 3.78. The molecule has 2 aromatic carbocycles. The first-order chi connectivity index (χ1) is 13.6. The van der Waals surface area contributed by atoms with Crippen molar-refractivity contribution in [3.05, 3.63) is 58.6 Å². The van der Waals surface area contributed by atoms with Gasteiger partial charge in [0.25, 0.3) is 0 Å². The first kappa shape index (κ1) is 20.6. The van der Waals surface area contributed by atoms with Crippen LogP contribution in [0.1, 0.15) is 34.8 Å². The molecule has 1 aliphatic rings. The predicted molar refractivity (Wildman–Crippen MR) is 112 cm³/mol. The number of carbonyl (C=O) groups is 1. The highest BCUT2D eigenvalue weighted by Crippen LogP contribution is 2.27. The van der Waals surface area contributed by atoms with Gasteiger partial charge in [0.2, 0.25) is 0 Å². The number of ether oxygens (including phenoxy) is 2. The monoisotopic (exact) mass is 402 g/mol. The van der Waals surface area contributed by atoms with Crippen LogP contribution in [0, 0.1) is 0 Å². The van der Waals surface area contributed by atoms with Gasteiger partial charge in [-0.2, -0.15) is 0 Å². The zero-order chi connectivity index (χ0) is 19.9. The fourth-order valence-electron chi connectivity index (χ4n) is 3.60. The Morgan fingerprint density at radius 1 is 1.11 bits per heavy atom. The van der Waals surface area contributed by atoms with Crippen LogP contribution in [0.5, 0.6) is 11.5 Å². The summed E-state index contributed by atoms with van der Waals surface area (Å²) in [7, 11) is 3.23. The fourth-order valence-corrected chi connectivity index (χ4v) is 3.86. The highest BCUT2D eigenvalue weighted by Gasteiger charge is 2.23. The molecular formula is C22H27ClN2O3. The molecule has 2 aromatic rings. The lowest BCUT2D eigenvalue weighted by Crippen LogP contribution is -2.36. The van der Waals surface area contributed by atoms with Crippen LogP contribution >= 0.6 is 11.6 Å². The van der Waals surface area contributed by atoms with Crippen molar-refractivity contribution in [2.24, 2.45) is 0 Å². The number of benzene rings is 2. The van der Waals surface area contributed by atoms with Crippen molar-refractivity contribution in [2.75, 3.05) is 40.4 Å². The quantitative estimate of drug-likeness (QED) is 0.643. The number of rotatable bonds is 9. The van der Waals surface area contributed by atoms with Crippen LogP contribution in [-0.4, -0.2) is 51.1 Å². The van der Waals surface area contributed by atoms with Gasteiger partial charge in [0.05, 0.1) is 25.8 Å². The van der Waals surface area contributed by atoms with Crippen molar-refractivity contribution >= 4 is 17.4 Å². The summed E-state index contributed by atoms with van der Waals surface area (Å²) in [5.74, 6) is 1.43. The molecule has 0 spiro atoms. The zero-order valence-corrected chi connectivity index (χ0v) is 17.2. The average molecular weight is 403 g/mol. The highest BCUT2D eigenvalue weighted by molar-refractivity contribution is 6.32. The van der Waals surface area contributed by atoms with Crippen molar-refractivity contribution < 1.29 is 14.3 Å². The molecule has 3 rings (SSSR count). The van der Waals surface area contributed by atoms with E-state index in [4.69, 9.17) is 21.1 Å². The fraction of sp³-hybridized carbons (Fsp3) is 0.409. The van der Waals surface area contributed by atoms with Gasteiger partial charge in [-0.15, -0.1) is 0 Å². The van der Waals surface area contributed by atoms with Gasteiger partial charge in [-0.25, -0.2) is 0 Å². The summed E-state index contributed by atoms with van der Waals surface area (Å²) in [6.45, 7) is 3.14. The summed E-state index contributed by atoms with van der Waals surface area (Å²) in [6, 6.07) is 13.6. The maximum Gasteiger partial charge on any atom is 0.176 e. The number of ketones is 1. The minimum atomic E-state index is 0.0134. The Morgan fingerprint density at radius 3 is 2.43 bits per heavy atom. The number of methoxy groups -OCH3 is 2. The number of likely N-dealkylation sites (tertiary alicyclic amines) is 1. The van der Waals surface area contributed by atoms with E-state index in [-0.39, 0.29) is 18.4 Å². The number of nitrogens with zero attached hydrogens (tertiary/aromatic N) is 1. The van der Waals surface area contributed by atoms with Crippen LogP contribution in [0.3, 0.4) is 0 Å². The molecule has 1 heterocycles. The second kappa shape index (κ2) is 9.92. The minimum absolute atomic E-state index is 0.0134. The molecule has 1 atom stereocenters. The molecular weight excluding hydrogens is 376 g/mol. The number of hydrogen-bond acceptors (Lipinski definition) is 5. The molecule has 0 bridgehead atoms. The maximum absolute atomic E-state index is 12.5. The normalized spacial score (nSPS) is 15.4. The molecule has 6 heteroatoms. The second-order valence-electron chi connectivity index (χ2n) is 6.94. The number of Topliss-reactive ketones (excluding diaryl/α,β-unsaturated/α-hetero) is 1. The van der Waals surface area contributed by atoms with Crippen LogP contribution < -0.4 is 14.8 Å². The minimum Gasteiger partial charge on any atom is -0.497 e. The van der Waals surface area contributed by atoms with E-state index in [1.807, 2.05) is 12.1 Å². The van der Waals surface area contributed by atoms with Crippen LogP contribution in [0.2, 0.25) is 5.02 Å². The van der Waals surface area contributed by atoms with Crippen LogP contribution in [0.15, 0.2) is 42.5 Å². The van der Waals surface area contributed by atoms with Gasteiger partial charge in [-0.1, -0.05) is 23.7 Å². The molecule has 1 fully saturated rings. The Labute approximate surface area is 171 Å². The van der Waals surface area contributed by atoms with Crippen molar-refractivity contribution in [1.82, 2.24) is 10.2 Å². The molecule has 0 aromatic heterocycles. The Bertz CT molecular complexity index is 789. The van der Waals surface area contributed by atoms with Gasteiger partial charge in [0.15, 0.2) is 5.78 Å². The molecule has 1 unspecified atom stereocenters. The van der Waals surface area contributed by atoms with Gasteiger partial charge in [0, 0.05) is 18.2 Å². The van der Waals surface area contributed by atoms with E-state index >= 15 is 0 Å². The summed E-state index contributed by atoms with van der Waals surface area (Å²) in [6.07, 6.45) is 2.44. The third kappa shape index (κ3) is 5.04. The molecule has 1 aliphatic heterocycles. The summed E-state index contributed by atoms with van der Waals surface area (Å²) in [5.41, 5.74) is 1.82. The Kier molecular flexibility index (Phi) is 7.31. The summed E-state index contributed by atoms with van der Waals surface area (Å²) >= 11 is 6.13. The van der Waals surface area contributed by atoms with Crippen LogP contribution in [0.4, 0.5) is 0 Å². The van der Waals surface area contributed by atoms with Crippen molar-refractivity contribution in [3.8, 4) is 11.5 Å². The van der Waals surface area contributed by atoms with E-state index in [0.717, 1.165) is 18.8 Å². The Balaban J connectivity index is 1.63. The van der Waals surface area contributed by atoms with E-state index < -0.39 is 0 Å². The lowest BCUT2D eigenvalue weighted by Gasteiger charge is -2.28. The topological polar surface area (TPSA) is 50.8 Å². The zero-order valence-electron chi connectivity index (χ0n) is 16.4. The molecule has 28 heavy (non-hydrogen) atoms. The predicted octanol–water partition coefficient (Wildman–Crippen LogP) is 3.97. The van der Waals surface area contributed by atoms with Crippen molar-refractivity contribution in [2.45, 2.75) is 18.9 Å². The largest absolute Gasteiger partial charge is 0.497 e. The van der Waals surface area contributed by atoms with E-state index in [2.05, 4.69) is 22.3 Å². The summed E-state index contributed by atoms with van der Waals surface area (Å²) < 4.78 is 10.4. The molecule has 150 valence electrons. The summed E-state index contributed by atoms with van der Waals surface area (Å²) in [4.78, 5) is 15.0. The number of hydrogen-bond donors (Lipinski definition) is 1. The maximum atomic E-state index is 12.5. The molecule has 0 aliphatic carbocycles.